The molecule has 19 heavy (non-hydrogen) atoms. The maximum atomic E-state index is 12.3. The van der Waals surface area contributed by atoms with Crippen LogP contribution in [0.25, 0.3) is 0 Å². The van der Waals surface area contributed by atoms with Gasteiger partial charge in [-0.2, -0.15) is 0 Å². The van der Waals surface area contributed by atoms with E-state index in [0.29, 0.717) is 0 Å². The van der Waals surface area contributed by atoms with Crippen LogP contribution in [0.3, 0.4) is 0 Å². The molecule has 4 heteroatoms. The Morgan fingerprint density at radius 1 is 1.21 bits per heavy atom. The van der Waals surface area contributed by atoms with Crippen LogP contribution in [0.5, 0.6) is 0 Å². The number of likely N-dealkylation sites (N-methyl/N-ethyl adjacent to an activating group) is 1. The highest BCUT2D eigenvalue weighted by atomic mass is 16.2. The Morgan fingerprint density at radius 3 is 2.32 bits per heavy atom. The lowest BCUT2D eigenvalue weighted by Crippen LogP contribution is -2.62. The summed E-state index contributed by atoms with van der Waals surface area (Å²) in [5.74, 6) is 0.162. The van der Waals surface area contributed by atoms with Crippen LogP contribution in [0.15, 0.2) is 24.3 Å². The molecular weight excluding hydrogens is 238 g/mol. The fourth-order valence-corrected chi connectivity index (χ4v) is 2.62. The van der Waals surface area contributed by atoms with E-state index in [2.05, 4.69) is 17.0 Å². The average Bonchev–Trinajstić information content (AvgIpc) is 2.36. The number of nitrogens with two attached hydrogens (primary N) is 1. The SMILES string of the molecule is C[C@@H](N)c1ccc(N2CCN(C)C(=O)C2(C)C)cc1. The van der Waals surface area contributed by atoms with Crippen LogP contribution < -0.4 is 10.6 Å². The van der Waals surface area contributed by atoms with Gasteiger partial charge < -0.3 is 15.5 Å². The van der Waals surface area contributed by atoms with Gasteiger partial charge in [0.25, 0.3) is 0 Å². The first kappa shape index (κ1) is 13.9. The highest BCUT2D eigenvalue weighted by molar-refractivity contribution is 5.90. The third-order valence-corrected chi connectivity index (χ3v) is 3.93. The minimum absolute atomic E-state index is 0.0381. The molecule has 0 bridgehead atoms. The van der Waals surface area contributed by atoms with Crippen molar-refractivity contribution >= 4 is 11.6 Å². The molecule has 1 aromatic rings. The van der Waals surface area contributed by atoms with Gasteiger partial charge in [0.15, 0.2) is 0 Å². The summed E-state index contributed by atoms with van der Waals surface area (Å²) in [6.07, 6.45) is 0. The lowest BCUT2D eigenvalue weighted by atomic mass is 9.96. The average molecular weight is 261 g/mol. The predicted octanol–water partition coefficient (Wildman–Crippen LogP) is 1.76. The lowest BCUT2D eigenvalue weighted by molar-refractivity contribution is -0.136. The molecule has 0 aliphatic carbocycles. The third-order valence-electron chi connectivity index (χ3n) is 3.93. The van der Waals surface area contributed by atoms with E-state index in [0.717, 1.165) is 24.3 Å². The van der Waals surface area contributed by atoms with E-state index in [4.69, 9.17) is 5.73 Å². The molecule has 1 aromatic carbocycles. The van der Waals surface area contributed by atoms with E-state index in [1.54, 1.807) is 4.90 Å². The van der Waals surface area contributed by atoms with Crippen LogP contribution in [0.4, 0.5) is 5.69 Å². The Bertz CT molecular complexity index is 465. The van der Waals surface area contributed by atoms with Gasteiger partial charge in [0.2, 0.25) is 5.91 Å². The summed E-state index contributed by atoms with van der Waals surface area (Å²) in [7, 11) is 1.86. The van der Waals surface area contributed by atoms with Crippen molar-refractivity contribution in [2.45, 2.75) is 32.4 Å². The summed E-state index contributed by atoms with van der Waals surface area (Å²) in [4.78, 5) is 16.2. The summed E-state index contributed by atoms with van der Waals surface area (Å²) in [6.45, 7) is 7.54. The molecule has 1 amide bonds. The number of amides is 1. The Kier molecular flexibility index (Phi) is 3.54. The van der Waals surface area contributed by atoms with Crippen LogP contribution in [-0.4, -0.2) is 36.5 Å². The standard InChI is InChI=1S/C15H23N3O/c1-11(16)12-5-7-13(8-6-12)18-10-9-17(4)14(19)15(18,2)3/h5-8,11H,9-10,16H2,1-4H3/t11-/m1/s1. The smallest absolute Gasteiger partial charge is 0.247 e. The molecule has 4 nitrogen and oxygen atoms in total. The van der Waals surface area contributed by atoms with Gasteiger partial charge in [-0.1, -0.05) is 12.1 Å². The number of anilines is 1. The van der Waals surface area contributed by atoms with Crippen molar-refractivity contribution in [1.82, 2.24) is 4.90 Å². The molecule has 0 aromatic heterocycles. The Labute approximate surface area is 115 Å². The van der Waals surface area contributed by atoms with Gasteiger partial charge in [0, 0.05) is 31.9 Å². The van der Waals surface area contributed by atoms with Crippen molar-refractivity contribution < 1.29 is 4.79 Å². The molecule has 2 rings (SSSR count). The topological polar surface area (TPSA) is 49.6 Å². The second kappa shape index (κ2) is 4.85. The van der Waals surface area contributed by atoms with E-state index in [1.165, 1.54) is 0 Å². The predicted molar refractivity (Wildman–Crippen MR) is 78.1 cm³/mol. The maximum absolute atomic E-state index is 12.3. The molecule has 0 saturated carbocycles. The van der Waals surface area contributed by atoms with Gasteiger partial charge in [-0.3, -0.25) is 4.79 Å². The summed E-state index contributed by atoms with van der Waals surface area (Å²) in [6, 6.07) is 8.23. The van der Waals surface area contributed by atoms with Gasteiger partial charge in [-0.15, -0.1) is 0 Å². The molecule has 104 valence electrons. The molecular formula is C15H23N3O. The van der Waals surface area contributed by atoms with Crippen molar-refractivity contribution in [3.8, 4) is 0 Å². The highest BCUT2D eigenvalue weighted by Crippen LogP contribution is 2.29. The molecule has 1 aliphatic heterocycles. The van der Waals surface area contributed by atoms with Gasteiger partial charge in [0.05, 0.1) is 0 Å². The number of carbonyl (C=O) groups excluding carboxylic acids is 1. The number of hydrogen-bond acceptors (Lipinski definition) is 3. The quantitative estimate of drug-likeness (QED) is 0.882. The Morgan fingerprint density at radius 2 is 1.79 bits per heavy atom. The first-order chi connectivity index (χ1) is 8.84. The molecule has 1 fully saturated rings. The summed E-state index contributed by atoms with van der Waals surface area (Å²) in [5, 5.41) is 0. The molecule has 1 atom stereocenters. The van der Waals surface area contributed by atoms with Crippen molar-refractivity contribution in [2.24, 2.45) is 5.73 Å². The lowest BCUT2D eigenvalue weighted by Gasteiger charge is -2.46. The van der Waals surface area contributed by atoms with E-state index >= 15 is 0 Å². The number of piperazine rings is 1. The molecule has 0 unspecified atom stereocenters. The fraction of sp³-hybridized carbons (Fsp3) is 0.533. The van der Waals surface area contributed by atoms with Crippen molar-refractivity contribution in [3.63, 3.8) is 0 Å². The van der Waals surface area contributed by atoms with E-state index in [1.807, 2.05) is 40.0 Å². The Balaban J connectivity index is 2.28. The summed E-state index contributed by atoms with van der Waals surface area (Å²) < 4.78 is 0. The number of benzene rings is 1. The van der Waals surface area contributed by atoms with Crippen LogP contribution in [-0.2, 0) is 4.79 Å². The molecule has 0 spiro atoms. The number of carbonyl (C=O) groups is 1. The zero-order chi connectivity index (χ0) is 14.2. The zero-order valence-electron chi connectivity index (χ0n) is 12.2. The van der Waals surface area contributed by atoms with E-state index < -0.39 is 5.54 Å². The minimum atomic E-state index is -0.497. The maximum Gasteiger partial charge on any atom is 0.247 e. The number of rotatable bonds is 2. The van der Waals surface area contributed by atoms with Gasteiger partial charge in [-0.25, -0.2) is 0 Å². The van der Waals surface area contributed by atoms with Gasteiger partial charge in [0.1, 0.15) is 5.54 Å². The van der Waals surface area contributed by atoms with Crippen molar-refractivity contribution in [1.29, 1.82) is 0 Å². The van der Waals surface area contributed by atoms with Crippen LogP contribution in [0.1, 0.15) is 32.4 Å². The molecule has 1 heterocycles. The number of hydrogen-bond donors (Lipinski definition) is 1. The summed E-state index contributed by atoms with van der Waals surface area (Å²) in [5.41, 5.74) is 7.56. The zero-order valence-corrected chi connectivity index (χ0v) is 12.2. The van der Waals surface area contributed by atoms with Gasteiger partial charge in [-0.05, 0) is 38.5 Å². The van der Waals surface area contributed by atoms with E-state index in [-0.39, 0.29) is 11.9 Å². The Hall–Kier alpha value is -1.55. The second-order valence-electron chi connectivity index (χ2n) is 5.82. The van der Waals surface area contributed by atoms with E-state index in [9.17, 15) is 4.79 Å². The van der Waals surface area contributed by atoms with Crippen molar-refractivity contribution in [2.75, 3.05) is 25.0 Å². The first-order valence-electron chi connectivity index (χ1n) is 6.73. The third kappa shape index (κ3) is 2.45. The van der Waals surface area contributed by atoms with Crippen LogP contribution in [0, 0.1) is 0 Å². The van der Waals surface area contributed by atoms with Gasteiger partial charge >= 0.3 is 0 Å². The molecule has 1 aliphatic rings. The monoisotopic (exact) mass is 261 g/mol. The van der Waals surface area contributed by atoms with Crippen molar-refractivity contribution in [3.05, 3.63) is 29.8 Å². The minimum Gasteiger partial charge on any atom is -0.356 e. The summed E-state index contributed by atoms with van der Waals surface area (Å²) >= 11 is 0. The number of nitrogens with zero attached hydrogens (tertiary/aromatic N) is 2. The normalized spacial score (nSPS) is 20.6. The van der Waals surface area contributed by atoms with Crippen LogP contribution in [0.2, 0.25) is 0 Å². The first-order valence-corrected chi connectivity index (χ1v) is 6.73. The molecule has 2 N–H and O–H groups in total. The fourth-order valence-electron chi connectivity index (χ4n) is 2.62. The second-order valence-corrected chi connectivity index (χ2v) is 5.82. The largest absolute Gasteiger partial charge is 0.356 e. The molecule has 1 saturated heterocycles. The van der Waals surface area contributed by atoms with Crippen LogP contribution >= 0.6 is 0 Å². The molecule has 0 radical (unpaired) electrons. The highest BCUT2D eigenvalue weighted by Gasteiger charge is 2.40.